The normalized spacial score (nSPS) is 13.9. The Balaban J connectivity index is 1.44. The van der Waals surface area contributed by atoms with E-state index in [4.69, 9.17) is 16.3 Å². The van der Waals surface area contributed by atoms with Crippen molar-refractivity contribution in [1.82, 2.24) is 4.90 Å². The number of ether oxygens (including phenoxy) is 1. The molecule has 0 atom stereocenters. The van der Waals surface area contributed by atoms with Crippen molar-refractivity contribution in [3.8, 4) is 11.8 Å². The van der Waals surface area contributed by atoms with Crippen LogP contribution in [0.25, 0.3) is 6.08 Å². The molecule has 178 valence electrons. The highest BCUT2D eigenvalue weighted by Gasteiger charge is 2.24. The van der Waals surface area contributed by atoms with Crippen molar-refractivity contribution < 1.29 is 9.53 Å². The maximum atomic E-state index is 13.1. The number of carbonyl (C=O) groups is 1. The maximum absolute atomic E-state index is 13.1. The molecule has 0 aromatic heterocycles. The Morgan fingerprint density at radius 3 is 2.26 bits per heavy atom. The van der Waals surface area contributed by atoms with E-state index in [9.17, 15) is 10.1 Å². The van der Waals surface area contributed by atoms with E-state index in [1.54, 1.807) is 11.0 Å². The first-order valence-electron chi connectivity index (χ1n) is 11.0. The summed E-state index contributed by atoms with van der Waals surface area (Å²) in [5, 5.41) is 10.4. The van der Waals surface area contributed by atoms with E-state index >= 15 is 0 Å². The number of nitrogens with zero attached hydrogens (tertiary/aromatic N) is 3. The number of para-hydroxylation sites is 1. The maximum Gasteiger partial charge on any atom is 0.264 e. The van der Waals surface area contributed by atoms with Gasteiger partial charge in [0.25, 0.3) is 5.91 Å². The molecule has 1 aliphatic heterocycles. The fourth-order valence-electron chi connectivity index (χ4n) is 3.85. The van der Waals surface area contributed by atoms with Gasteiger partial charge in [-0.05, 0) is 73.8 Å². The molecule has 0 unspecified atom stereocenters. The molecule has 1 aliphatic rings. The van der Waals surface area contributed by atoms with Gasteiger partial charge in [0.2, 0.25) is 0 Å². The molecule has 8 heteroatoms. The summed E-state index contributed by atoms with van der Waals surface area (Å²) in [6.45, 7) is 2.89. The predicted molar refractivity (Wildman–Crippen MR) is 146 cm³/mol. The molecule has 0 N–H and O–H groups in total. The summed E-state index contributed by atoms with van der Waals surface area (Å²) in [6, 6.07) is 23.4. The van der Waals surface area contributed by atoms with Gasteiger partial charge >= 0.3 is 0 Å². The molecule has 0 radical (unpaired) electrons. The van der Waals surface area contributed by atoms with Crippen LogP contribution in [-0.4, -0.2) is 37.0 Å². The lowest BCUT2D eigenvalue weighted by Gasteiger charge is -2.36. The molecular formula is C27H22Br2ClN3O2. The fraction of sp³-hybridized carbons (Fsp3) is 0.185. The number of piperazine rings is 1. The molecule has 1 amide bonds. The van der Waals surface area contributed by atoms with Crippen LogP contribution in [0.5, 0.6) is 5.75 Å². The van der Waals surface area contributed by atoms with Gasteiger partial charge in [0.15, 0.2) is 0 Å². The number of hydrogen-bond acceptors (Lipinski definition) is 4. The smallest absolute Gasteiger partial charge is 0.264 e. The van der Waals surface area contributed by atoms with Crippen molar-refractivity contribution in [2.24, 2.45) is 0 Å². The summed E-state index contributed by atoms with van der Waals surface area (Å²) in [5.41, 5.74) is 2.83. The first-order chi connectivity index (χ1) is 17.0. The van der Waals surface area contributed by atoms with E-state index in [1.165, 1.54) is 0 Å². The quantitative estimate of drug-likeness (QED) is 0.229. The minimum Gasteiger partial charge on any atom is -0.486 e. The second-order valence-corrected chi connectivity index (χ2v) is 10.1. The highest BCUT2D eigenvalue weighted by Crippen LogP contribution is 2.36. The SMILES string of the molecule is N#C/C(=C/c1cc(Br)c(OCc2ccccc2Cl)c(Br)c1)C(=O)N1CCN(c2ccccc2)CC1. The van der Waals surface area contributed by atoms with Crippen LogP contribution < -0.4 is 9.64 Å². The van der Waals surface area contributed by atoms with Crippen LogP contribution in [0.15, 0.2) is 81.2 Å². The summed E-state index contributed by atoms with van der Waals surface area (Å²) in [6.07, 6.45) is 1.61. The van der Waals surface area contributed by atoms with E-state index in [0.29, 0.717) is 45.0 Å². The summed E-state index contributed by atoms with van der Waals surface area (Å²) in [5.74, 6) is 0.357. The predicted octanol–water partition coefficient (Wildman–Crippen LogP) is 6.70. The van der Waals surface area contributed by atoms with Gasteiger partial charge < -0.3 is 14.5 Å². The van der Waals surface area contributed by atoms with Crippen LogP contribution >= 0.6 is 43.5 Å². The van der Waals surface area contributed by atoms with E-state index < -0.39 is 0 Å². The third-order valence-electron chi connectivity index (χ3n) is 5.70. The monoisotopic (exact) mass is 613 g/mol. The Morgan fingerprint density at radius 1 is 1.00 bits per heavy atom. The number of hydrogen-bond donors (Lipinski definition) is 0. The summed E-state index contributed by atoms with van der Waals surface area (Å²) >= 11 is 13.3. The molecule has 3 aromatic carbocycles. The summed E-state index contributed by atoms with van der Waals surface area (Å²) < 4.78 is 7.37. The fourth-order valence-corrected chi connectivity index (χ4v) is 5.49. The summed E-state index contributed by atoms with van der Waals surface area (Å²) in [7, 11) is 0. The van der Waals surface area contributed by atoms with Crippen molar-refractivity contribution in [3.63, 3.8) is 0 Å². The molecule has 4 rings (SSSR count). The van der Waals surface area contributed by atoms with E-state index in [0.717, 1.165) is 24.3 Å². The zero-order valence-corrected chi connectivity index (χ0v) is 22.7. The minimum absolute atomic E-state index is 0.0988. The molecule has 35 heavy (non-hydrogen) atoms. The average Bonchev–Trinajstić information content (AvgIpc) is 2.88. The molecule has 3 aromatic rings. The standard InChI is InChI=1S/C27H22Br2ClN3O2/c28-23-15-19(16-24(29)26(23)35-18-20-6-4-5-9-25(20)30)14-21(17-31)27(34)33-12-10-32(11-13-33)22-7-2-1-3-8-22/h1-9,14-16H,10-13,18H2/b21-14-. The van der Waals surface area contributed by atoms with Crippen LogP contribution in [0, 0.1) is 11.3 Å². The van der Waals surface area contributed by atoms with Gasteiger partial charge in [-0.2, -0.15) is 5.26 Å². The Morgan fingerprint density at radius 2 is 1.63 bits per heavy atom. The van der Waals surface area contributed by atoms with Crippen LogP contribution in [0.1, 0.15) is 11.1 Å². The number of nitriles is 1. The third-order valence-corrected chi connectivity index (χ3v) is 7.25. The number of benzene rings is 3. The summed E-state index contributed by atoms with van der Waals surface area (Å²) in [4.78, 5) is 17.0. The van der Waals surface area contributed by atoms with Crippen LogP contribution in [0.4, 0.5) is 5.69 Å². The van der Waals surface area contributed by atoms with Crippen LogP contribution in [0.2, 0.25) is 5.02 Å². The Bertz CT molecular complexity index is 1260. The first-order valence-corrected chi connectivity index (χ1v) is 13.0. The lowest BCUT2D eigenvalue weighted by atomic mass is 10.1. The third kappa shape index (κ3) is 6.26. The first kappa shape index (κ1) is 25.3. The second-order valence-electron chi connectivity index (χ2n) is 7.98. The van der Waals surface area contributed by atoms with Crippen LogP contribution in [-0.2, 0) is 11.4 Å². The Labute approximate surface area is 226 Å². The molecule has 0 saturated carbocycles. The molecular weight excluding hydrogens is 594 g/mol. The van der Waals surface area contributed by atoms with Gasteiger partial charge in [-0.15, -0.1) is 0 Å². The van der Waals surface area contributed by atoms with Gasteiger partial charge in [-0.3, -0.25) is 4.79 Å². The average molecular weight is 616 g/mol. The second kappa shape index (κ2) is 11.8. The lowest BCUT2D eigenvalue weighted by Crippen LogP contribution is -2.49. The molecule has 1 fully saturated rings. The number of rotatable bonds is 6. The van der Waals surface area contributed by atoms with Crippen molar-refractivity contribution in [2.75, 3.05) is 31.1 Å². The van der Waals surface area contributed by atoms with Crippen molar-refractivity contribution in [3.05, 3.63) is 97.4 Å². The molecule has 5 nitrogen and oxygen atoms in total. The van der Waals surface area contributed by atoms with Gasteiger partial charge in [-0.1, -0.05) is 48.0 Å². The van der Waals surface area contributed by atoms with Crippen LogP contribution in [0.3, 0.4) is 0 Å². The number of anilines is 1. The molecule has 0 aliphatic carbocycles. The van der Waals surface area contributed by atoms with Crippen molar-refractivity contribution >= 4 is 61.1 Å². The van der Waals surface area contributed by atoms with E-state index in [2.05, 4.69) is 55.0 Å². The van der Waals surface area contributed by atoms with Gasteiger partial charge in [0.1, 0.15) is 24.0 Å². The molecule has 1 heterocycles. The number of halogens is 3. The van der Waals surface area contributed by atoms with Gasteiger partial charge in [0, 0.05) is 42.5 Å². The Kier molecular flexibility index (Phi) is 8.50. The van der Waals surface area contributed by atoms with E-state index in [1.807, 2.05) is 54.6 Å². The zero-order chi connectivity index (χ0) is 24.8. The van der Waals surface area contributed by atoms with E-state index in [-0.39, 0.29) is 11.5 Å². The molecule has 0 bridgehead atoms. The number of carbonyl (C=O) groups excluding carboxylic acids is 1. The number of amides is 1. The minimum atomic E-state index is -0.258. The topological polar surface area (TPSA) is 56.6 Å². The van der Waals surface area contributed by atoms with Gasteiger partial charge in [0.05, 0.1) is 8.95 Å². The lowest BCUT2D eigenvalue weighted by molar-refractivity contribution is -0.126. The van der Waals surface area contributed by atoms with Crippen molar-refractivity contribution in [2.45, 2.75) is 6.61 Å². The zero-order valence-electron chi connectivity index (χ0n) is 18.8. The van der Waals surface area contributed by atoms with Crippen molar-refractivity contribution in [1.29, 1.82) is 5.26 Å². The van der Waals surface area contributed by atoms with Gasteiger partial charge in [-0.25, -0.2) is 0 Å². The molecule has 0 spiro atoms. The highest BCUT2D eigenvalue weighted by molar-refractivity contribution is 9.11. The highest BCUT2D eigenvalue weighted by atomic mass is 79.9. The largest absolute Gasteiger partial charge is 0.486 e. The molecule has 1 saturated heterocycles. The Hall–Kier alpha value is -2.79.